The van der Waals surface area contributed by atoms with Crippen LogP contribution in [0.15, 0.2) is 72.8 Å². The number of aliphatic hydroxyl groups is 3. The van der Waals surface area contributed by atoms with Gasteiger partial charge in [0.2, 0.25) is 5.95 Å². The first-order valence-corrected chi connectivity index (χ1v) is 14.3. The number of benzene rings is 3. The van der Waals surface area contributed by atoms with E-state index in [4.69, 9.17) is 19.2 Å². The number of rotatable bonds is 13. The number of imidazole rings is 1. The fraction of sp³-hybridized carbons (Fsp3) is 0.406. The molecule has 0 spiro atoms. The molecule has 42 heavy (non-hydrogen) atoms. The van der Waals surface area contributed by atoms with Crippen molar-refractivity contribution in [1.29, 1.82) is 0 Å². The molecule has 0 radical (unpaired) electrons. The third-order valence-corrected chi connectivity index (χ3v) is 7.45. The lowest BCUT2D eigenvalue weighted by atomic mass is 9.96. The molecule has 5 rings (SSSR count). The summed E-state index contributed by atoms with van der Waals surface area (Å²) >= 11 is 0. The molecule has 1 fully saturated rings. The molecule has 3 aromatic carbocycles. The molecule has 4 aromatic rings. The van der Waals surface area contributed by atoms with Gasteiger partial charge >= 0.3 is 0 Å². The number of ether oxygens (including phenoxy) is 3. The quantitative estimate of drug-likeness (QED) is 0.174. The molecule has 1 aromatic heterocycles. The van der Waals surface area contributed by atoms with Gasteiger partial charge in [0.25, 0.3) is 0 Å². The zero-order valence-electron chi connectivity index (χ0n) is 24.3. The summed E-state index contributed by atoms with van der Waals surface area (Å²) in [4.78, 5) is 6.91. The largest absolute Gasteiger partial charge is 0.490 e. The van der Waals surface area contributed by atoms with Gasteiger partial charge in [0, 0.05) is 6.54 Å². The van der Waals surface area contributed by atoms with Crippen LogP contribution in [-0.2, 0) is 11.3 Å². The van der Waals surface area contributed by atoms with Crippen LogP contribution in [0.25, 0.3) is 11.0 Å². The second kappa shape index (κ2) is 13.1. The van der Waals surface area contributed by atoms with Gasteiger partial charge in [0.15, 0.2) is 17.7 Å². The predicted molar refractivity (Wildman–Crippen MR) is 161 cm³/mol. The topological polar surface area (TPSA) is 121 Å². The molecule has 1 aliphatic heterocycles. The molecule has 0 amide bonds. The molecule has 10 heteroatoms. The van der Waals surface area contributed by atoms with Crippen molar-refractivity contribution in [2.45, 2.75) is 50.3 Å². The van der Waals surface area contributed by atoms with Gasteiger partial charge in [-0.3, -0.25) is 4.57 Å². The van der Waals surface area contributed by atoms with Crippen LogP contribution in [0.1, 0.15) is 31.6 Å². The van der Waals surface area contributed by atoms with E-state index in [1.54, 1.807) is 4.57 Å². The van der Waals surface area contributed by atoms with Gasteiger partial charge in [-0.1, -0.05) is 36.4 Å². The first-order chi connectivity index (χ1) is 20.3. The normalized spacial score (nSPS) is 22.1. The Morgan fingerprint density at radius 3 is 2.52 bits per heavy atom. The van der Waals surface area contributed by atoms with E-state index in [1.165, 1.54) is 6.92 Å². The summed E-state index contributed by atoms with van der Waals surface area (Å²) in [7, 11) is 4.12. The molecule has 0 saturated carbocycles. The molecule has 4 atom stereocenters. The van der Waals surface area contributed by atoms with Crippen molar-refractivity contribution in [2.75, 3.05) is 39.2 Å². The van der Waals surface area contributed by atoms with Gasteiger partial charge in [0.1, 0.15) is 23.6 Å². The van der Waals surface area contributed by atoms with Crippen molar-refractivity contribution < 1.29 is 29.5 Å². The zero-order valence-corrected chi connectivity index (χ0v) is 24.3. The van der Waals surface area contributed by atoms with E-state index in [0.29, 0.717) is 36.1 Å². The minimum Gasteiger partial charge on any atom is -0.490 e. The van der Waals surface area contributed by atoms with Gasteiger partial charge in [-0.05, 0) is 82.4 Å². The standard InChI is InChI=1S/C32H40N4O6/c1-32(39)29(38)28(21-37)42-30(32)36-25-14-8-7-13-24(25)34-31(36)33-20-22-15-16-26(41-23-11-5-4-6-12-23)27(19-22)40-18-10-9-17-35(2)3/h4-8,11-16,19,28-30,37-39H,9-10,17-18,20-21H2,1-3H3,(H,33,34). The highest BCUT2D eigenvalue weighted by Gasteiger charge is 2.53. The highest BCUT2D eigenvalue weighted by atomic mass is 16.6. The minimum absolute atomic E-state index is 0.396. The third-order valence-electron chi connectivity index (χ3n) is 7.45. The molecule has 1 aliphatic rings. The number of aromatic nitrogens is 2. The number of fused-ring (bicyclic) bond motifs is 1. The molecular formula is C32H40N4O6. The fourth-order valence-corrected chi connectivity index (χ4v) is 5.14. The first kappa shape index (κ1) is 29.8. The van der Waals surface area contributed by atoms with Gasteiger partial charge in [-0.2, -0.15) is 0 Å². The molecule has 10 nitrogen and oxygen atoms in total. The van der Waals surface area contributed by atoms with E-state index < -0.39 is 30.6 Å². The highest BCUT2D eigenvalue weighted by Crippen LogP contribution is 2.41. The van der Waals surface area contributed by atoms with Crippen LogP contribution in [-0.4, -0.2) is 81.4 Å². The van der Waals surface area contributed by atoms with Gasteiger partial charge in [-0.15, -0.1) is 0 Å². The van der Waals surface area contributed by atoms with Crippen LogP contribution in [0.3, 0.4) is 0 Å². The van der Waals surface area contributed by atoms with E-state index >= 15 is 0 Å². The lowest BCUT2D eigenvalue weighted by Crippen LogP contribution is -2.44. The Morgan fingerprint density at radius 2 is 1.79 bits per heavy atom. The smallest absolute Gasteiger partial charge is 0.206 e. The van der Waals surface area contributed by atoms with Crippen molar-refractivity contribution >= 4 is 17.0 Å². The SMILES string of the molecule is CN(C)CCCCOc1cc(CNc2nc3ccccc3n2C2OC(CO)C(O)C2(C)O)ccc1Oc1ccccc1. The number of hydrogen-bond acceptors (Lipinski definition) is 9. The maximum Gasteiger partial charge on any atom is 0.206 e. The number of unbranched alkanes of at least 4 members (excludes halogenated alkanes) is 1. The summed E-state index contributed by atoms with van der Waals surface area (Å²) in [6.07, 6.45) is -1.22. The molecule has 4 unspecified atom stereocenters. The van der Waals surface area contributed by atoms with E-state index in [1.807, 2.05) is 72.8 Å². The first-order valence-electron chi connectivity index (χ1n) is 14.3. The summed E-state index contributed by atoms with van der Waals surface area (Å²) in [6, 6.07) is 22.9. The van der Waals surface area contributed by atoms with Crippen LogP contribution < -0.4 is 14.8 Å². The number of anilines is 1. The summed E-state index contributed by atoms with van der Waals surface area (Å²) in [5.41, 5.74) is 0.709. The van der Waals surface area contributed by atoms with E-state index in [-0.39, 0.29) is 0 Å². The van der Waals surface area contributed by atoms with Crippen molar-refractivity contribution in [3.63, 3.8) is 0 Å². The minimum atomic E-state index is -1.66. The van der Waals surface area contributed by atoms with Gasteiger partial charge < -0.3 is 39.7 Å². The van der Waals surface area contributed by atoms with Gasteiger partial charge in [-0.25, -0.2) is 4.98 Å². The van der Waals surface area contributed by atoms with Gasteiger partial charge in [0.05, 0.1) is 24.2 Å². The number of para-hydroxylation sites is 3. The Bertz CT molecular complexity index is 1460. The Hall–Kier alpha value is -3.67. The zero-order chi connectivity index (χ0) is 29.7. The molecule has 4 N–H and O–H groups in total. The average molecular weight is 577 g/mol. The Balaban J connectivity index is 1.38. The number of nitrogens with one attached hydrogen (secondary N) is 1. The monoisotopic (exact) mass is 576 g/mol. The van der Waals surface area contributed by atoms with Crippen LogP contribution in [0.4, 0.5) is 5.95 Å². The molecular weight excluding hydrogens is 536 g/mol. The summed E-state index contributed by atoms with van der Waals surface area (Å²) in [6.45, 7) is 3.04. The average Bonchev–Trinajstić information content (AvgIpc) is 3.45. The van der Waals surface area contributed by atoms with Crippen LogP contribution >= 0.6 is 0 Å². The Labute approximate surface area is 246 Å². The molecule has 0 aliphatic carbocycles. The lowest BCUT2D eigenvalue weighted by Gasteiger charge is -2.29. The second-order valence-corrected chi connectivity index (χ2v) is 11.1. The highest BCUT2D eigenvalue weighted by molar-refractivity contribution is 5.79. The summed E-state index contributed by atoms with van der Waals surface area (Å²) in [5.74, 6) is 2.46. The van der Waals surface area contributed by atoms with E-state index in [9.17, 15) is 15.3 Å². The number of nitrogens with zero attached hydrogens (tertiary/aromatic N) is 3. The summed E-state index contributed by atoms with van der Waals surface area (Å²) in [5, 5.41) is 34.9. The maximum absolute atomic E-state index is 11.2. The molecule has 1 saturated heterocycles. The Kier molecular flexibility index (Phi) is 9.30. The lowest BCUT2D eigenvalue weighted by molar-refractivity contribution is -0.0939. The van der Waals surface area contributed by atoms with Crippen molar-refractivity contribution in [2.24, 2.45) is 0 Å². The molecule has 224 valence electrons. The summed E-state index contributed by atoms with van der Waals surface area (Å²) < 4.78 is 20.0. The van der Waals surface area contributed by atoms with E-state index in [2.05, 4.69) is 24.3 Å². The Morgan fingerprint density at radius 1 is 1.02 bits per heavy atom. The van der Waals surface area contributed by atoms with Crippen LogP contribution in [0.2, 0.25) is 0 Å². The number of hydrogen-bond donors (Lipinski definition) is 4. The third kappa shape index (κ3) is 6.53. The van der Waals surface area contributed by atoms with Crippen molar-refractivity contribution in [1.82, 2.24) is 14.5 Å². The maximum atomic E-state index is 11.2. The van der Waals surface area contributed by atoms with E-state index in [0.717, 1.165) is 36.2 Å². The predicted octanol–water partition coefficient (Wildman–Crippen LogP) is 4.16. The molecule has 2 heterocycles. The fourth-order valence-electron chi connectivity index (χ4n) is 5.14. The molecule has 0 bridgehead atoms. The van der Waals surface area contributed by atoms with Crippen LogP contribution in [0, 0.1) is 0 Å². The van der Waals surface area contributed by atoms with Crippen LogP contribution in [0.5, 0.6) is 17.2 Å². The van der Waals surface area contributed by atoms with Crippen molar-refractivity contribution in [3.05, 3.63) is 78.4 Å². The number of aliphatic hydroxyl groups excluding tert-OH is 2. The van der Waals surface area contributed by atoms with Crippen molar-refractivity contribution in [3.8, 4) is 17.2 Å². The second-order valence-electron chi connectivity index (χ2n) is 11.1.